The zero-order valence-corrected chi connectivity index (χ0v) is 10.1. The van der Waals surface area contributed by atoms with E-state index in [4.69, 9.17) is 30.6 Å². The maximum atomic E-state index is 10.2. The third kappa shape index (κ3) is 8.17. The van der Waals surface area contributed by atoms with Crippen molar-refractivity contribution in [3.63, 3.8) is 0 Å². The van der Waals surface area contributed by atoms with Crippen LogP contribution in [0, 0.1) is 5.41 Å². The highest BCUT2D eigenvalue weighted by atomic mass is 31.1. The maximum absolute atomic E-state index is 10.2. The van der Waals surface area contributed by atoms with Crippen LogP contribution < -0.4 is 11.1 Å². The molecule has 0 spiro atoms. The summed E-state index contributed by atoms with van der Waals surface area (Å²) in [6.45, 7) is -0.126. The minimum atomic E-state index is -2.87. The van der Waals surface area contributed by atoms with E-state index >= 15 is 0 Å². The van der Waals surface area contributed by atoms with Crippen molar-refractivity contribution in [1.29, 1.82) is 5.41 Å². The van der Waals surface area contributed by atoms with Gasteiger partial charge in [-0.05, 0) is 24.3 Å². The molecule has 0 aromatic heterocycles. The van der Waals surface area contributed by atoms with Gasteiger partial charge in [0, 0.05) is 15.8 Å². The predicted octanol–water partition coefficient (Wildman–Crippen LogP) is 0.0956. The van der Waals surface area contributed by atoms with Gasteiger partial charge in [0.15, 0.2) is 0 Å². The van der Waals surface area contributed by atoms with Crippen LogP contribution >= 0.6 is 8.25 Å². The average molecular weight is 274 g/mol. The number of nitrogens with two attached hydrogens (primary N) is 1. The Morgan fingerprint density at radius 1 is 1.33 bits per heavy atom. The Hall–Kier alpha value is -2.02. The van der Waals surface area contributed by atoms with Crippen LogP contribution in [0.2, 0.25) is 0 Å². The van der Waals surface area contributed by atoms with Crippen molar-refractivity contribution >= 4 is 25.7 Å². The fourth-order valence-corrected chi connectivity index (χ4v) is 0.945. The van der Waals surface area contributed by atoms with Crippen molar-refractivity contribution in [2.45, 2.75) is 0 Å². The van der Waals surface area contributed by atoms with Gasteiger partial charge in [0.1, 0.15) is 12.4 Å². The first-order valence-electron chi connectivity index (χ1n) is 4.58. The van der Waals surface area contributed by atoms with E-state index in [9.17, 15) is 4.79 Å². The van der Waals surface area contributed by atoms with E-state index in [1.54, 1.807) is 24.3 Å². The molecule has 0 fully saturated rings. The summed E-state index contributed by atoms with van der Waals surface area (Å²) in [7, 11) is -2.87. The Morgan fingerprint density at radius 2 is 1.78 bits per heavy atom. The molecule has 9 heteroatoms. The molecule has 0 unspecified atom stereocenters. The maximum Gasteiger partial charge on any atom is 0.692 e. The summed E-state index contributed by atoms with van der Waals surface area (Å²) >= 11 is 0. The second-order valence-corrected chi connectivity index (χ2v) is 3.50. The smallest absolute Gasteiger partial charge is 0.480 e. The van der Waals surface area contributed by atoms with E-state index in [-0.39, 0.29) is 12.4 Å². The fourth-order valence-electron chi connectivity index (χ4n) is 0.945. The third-order valence-corrected chi connectivity index (χ3v) is 1.64. The predicted molar refractivity (Wildman–Crippen MR) is 65.6 cm³/mol. The molecular formula is C9H13N3O5P+. The molecule has 0 amide bonds. The Bertz CT molecular complexity index is 430. The molecule has 7 N–H and O–H groups in total. The number of hydrogen-bond donors (Lipinski definition) is 6. The van der Waals surface area contributed by atoms with Crippen LogP contribution in [0.25, 0.3) is 0 Å². The van der Waals surface area contributed by atoms with Crippen molar-refractivity contribution < 1.29 is 24.3 Å². The van der Waals surface area contributed by atoms with Crippen molar-refractivity contribution in [2.75, 3.05) is 11.9 Å². The standard InChI is InChI=1S/C9H11N3O2.HO3P/c10-9(11)6-1-3-7(4-2-6)12-5-8(13)14;1-4(2)3/h1-4,12H,5H2,(H3,10,11)(H,13,14);(H-,1,2,3)/p+1. The van der Waals surface area contributed by atoms with Gasteiger partial charge >= 0.3 is 14.2 Å². The van der Waals surface area contributed by atoms with Crippen LogP contribution in [0.3, 0.4) is 0 Å². The highest BCUT2D eigenvalue weighted by Gasteiger charge is 1.98. The van der Waals surface area contributed by atoms with Crippen LogP contribution in [0.4, 0.5) is 5.69 Å². The van der Waals surface area contributed by atoms with Gasteiger partial charge in [-0.2, -0.15) is 0 Å². The summed E-state index contributed by atoms with van der Waals surface area (Å²) in [6.07, 6.45) is 0. The quantitative estimate of drug-likeness (QED) is 0.258. The van der Waals surface area contributed by atoms with Gasteiger partial charge in [-0.3, -0.25) is 10.2 Å². The molecule has 18 heavy (non-hydrogen) atoms. The summed E-state index contributed by atoms with van der Waals surface area (Å²) in [6, 6.07) is 6.68. The van der Waals surface area contributed by atoms with Gasteiger partial charge in [0.25, 0.3) is 0 Å². The number of benzene rings is 1. The molecule has 1 aromatic carbocycles. The topological polar surface area (TPSA) is 157 Å². The number of nitrogen functional groups attached to an aromatic ring is 1. The largest absolute Gasteiger partial charge is 0.692 e. The van der Waals surface area contributed by atoms with Gasteiger partial charge in [0.05, 0.1) is 0 Å². The first kappa shape index (κ1) is 16.0. The number of rotatable bonds is 4. The SMILES string of the molecule is N=C(N)c1ccc(NCC(=O)O)cc1.O=[P+](O)O. The van der Waals surface area contributed by atoms with Crippen LogP contribution in [-0.2, 0) is 9.36 Å². The van der Waals surface area contributed by atoms with E-state index in [1.165, 1.54) is 0 Å². The lowest BCUT2D eigenvalue weighted by Crippen LogP contribution is -2.13. The molecule has 0 heterocycles. The van der Waals surface area contributed by atoms with Gasteiger partial charge in [-0.15, -0.1) is 9.79 Å². The first-order chi connectivity index (χ1) is 8.32. The number of aliphatic carboxylic acids is 1. The van der Waals surface area contributed by atoms with Crippen LogP contribution in [0.5, 0.6) is 0 Å². The Labute approximate surface area is 104 Å². The molecule has 0 radical (unpaired) electrons. The van der Waals surface area contributed by atoms with Gasteiger partial charge in [-0.25, -0.2) is 0 Å². The van der Waals surface area contributed by atoms with Gasteiger partial charge in [0.2, 0.25) is 0 Å². The molecular weight excluding hydrogens is 261 g/mol. The Kier molecular flexibility index (Phi) is 7.22. The highest BCUT2D eigenvalue weighted by molar-refractivity contribution is 7.30. The number of carboxylic acids is 1. The molecule has 0 atom stereocenters. The lowest BCUT2D eigenvalue weighted by Gasteiger charge is -2.03. The molecule has 0 aliphatic rings. The number of nitrogens with one attached hydrogen (secondary N) is 2. The minimum absolute atomic E-state index is 0.00483. The van der Waals surface area contributed by atoms with E-state index in [1.807, 2.05) is 0 Å². The molecule has 0 saturated carbocycles. The monoisotopic (exact) mass is 274 g/mol. The number of anilines is 1. The van der Waals surface area contributed by atoms with Crippen molar-refractivity contribution in [1.82, 2.24) is 0 Å². The summed E-state index contributed by atoms with van der Waals surface area (Å²) < 4.78 is 8.70. The van der Waals surface area contributed by atoms with Gasteiger partial charge < -0.3 is 16.2 Å². The van der Waals surface area contributed by atoms with Crippen molar-refractivity contribution in [3.8, 4) is 0 Å². The second-order valence-electron chi connectivity index (χ2n) is 2.99. The third-order valence-electron chi connectivity index (χ3n) is 1.64. The molecule has 1 aromatic rings. The van der Waals surface area contributed by atoms with E-state index < -0.39 is 14.2 Å². The van der Waals surface area contributed by atoms with E-state index in [2.05, 4.69) is 5.32 Å². The zero-order chi connectivity index (χ0) is 14.1. The zero-order valence-electron chi connectivity index (χ0n) is 9.20. The Morgan fingerprint density at radius 3 is 2.11 bits per heavy atom. The molecule has 0 bridgehead atoms. The van der Waals surface area contributed by atoms with Crippen LogP contribution in [0.1, 0.15) is 5.56 Å². The number of amidine groups is 1. The van der Waals surface area contributed by atoms with Crippen molar-refractivity contribution in [3.05, 3.63) is 29.8 Å². The second kappa shape index (κ2) is 8.13. The summed E-state index contributed by atoms with van der Waals surface area (Å²) in [4.78, 5) is 24.5. The molecule has 8 nitrogen and oxygen atoms in total. The molecule has 0 aliphatic heterocycles. The number of carbonyl (C=O) groups is 1. The first-order valence-corrected chi connectivity index (χ1v) is 5.74. The molecule has 98 valence electrons. The molecule has 1 rings (SSSR count). The number of carboxylic acid groups (broad SMARTS) is 1. The number of hydrogen-bond acceptors (Lipinski definition) is 4. The molecule has 0 aliphatic carbocycles. The van der Waals surface area contributed by atoms with E-state index in [0.29, 0.717) is 11.3 Å². The summed E-state index contributed by atoms with van der Waals surface area (Å²) in [5, 5.41) is 18.2. The minimum Gasteiger partial charge on any atom is -0.480 e. The lowest BCUT2D eigenvalue weighted by molar-refractivity contribution is -0.134. The van der Waals surface area contributed by atoms with Gasteiger partial charge in [-0.1, -0.05) is 0 Å². The molecule has 0 saturated heterocycles. The van der Waals surface area contributed by atoms with Crippen LogP contribution in [-0.4, -0.2) is 33.2 Å². The van der Waals surface area contributed by atoms with Crippen molar-refractivity contribution in [2.24, 2.45) is 5.73 Å². The summed E-state index contributed by atoms with van der Waals surface area (Å²) in [5.41, 5.74) is 6.56. The highest BCUT2D eigenvalue weighted by Crippen LogP contribution is 2.08. The fraction of sp³-hybridized carbons (Fsp3) is 0.111. The Balaban J connectivity index is 0.000000631. The average Bonchev–Trinajstić information content (AvgIpc) is 2.26. The van der Waals surface area contributed by atoms with Crippen LogP contribution in [0.15, 0.2) is 24.3 Å². The van der Waals surface area contributed by atoms with E-state index in [0.717, 1.165) is 0 Å². The lowest BCUT2D eigenvalue weighted by atomic mass is 10.2. The normalized spacial score (nSPS) is 8.78. The summed E-state index contributed by atoms with van der Waals surface area (Å²) in [5.74, 6) is -0.921.